The van der Waals surface area contributed by atoms with Crippen LogP contribution in [0.5, 0.6) is 0 Å². The molecule has 0 aromatic rings. The minimum Gasteiger partial charge on any atom is -0.448 e. The molecular weight excluding hydrogens is 214 g/mol. The largest absolute Gasteiger partial charge is 0.448 e. The summed E-state index contributed by atoms with van der Waals surface area (Å²) in [6, 6.07) is 0.530. The second-order valence-electron chi connectivity index (χ2n) is 3.24. The molecule has 0 radical (unpaired) electrons. The summed E-state index contributed by atoms with van der Waals surface area (Å²) in [5.74, 6) is 1.10. The highest BCUT2D eigenvalue weighted by Gasteiger charge is 2.14. The molecular formula is C9H17N3O2S. The van der Waals surface area contributed by atoms with E-state index in [0.29, 0.717) is 12.6 Å². The van der Waals surface area contributed by atoms with E-state index in [1.54, 1.807) is 11.8 Å². The molecule has 3 N–H and O–H groups in total. The Kier molecular flexibility index (Phi) is 5.31. The molecule has 0 spiro atoms. The monoisotopic (exact) mass is 231 g/mol. The van der Waals surface area contributed by atoms with E-state index in [4.69, 9.17) is 5.73 Å². The van der Waals surface area contributed by atoms with E-state index in [9.17, 15) is 4.79 Å². The van der Waals surface area contributed by atoms with Crippen LogP contribution in [0.3, 0.4) is 0 Å². The van der Waals surface area contributed by atoms with Gasteiger partial charge in [-0.15, -0.1) is 0 Å². The number of primary amides is 1. The first-order valence-corrected chi connectivity index (χ1v) is 6.07. The molecule has 0 aliphatic carbocycles. The average Bonchev–Trinajstić information content (AvgIpc) is 2.24. The summed E-state index contributed by atoms with van der Waals surface area (Å²) in [7, 11) is 0. The highest BCUT2D eigenvalue weighted by molar-refractivity contribution is 8.13. The Morgan fingerprint density at radius 2 is 2.60 bits per heavy atom. The fraction of sp³-hybridized carbons (Fsp3) is 0.778. The van der Waals surface area contributed by atoms with Crippen LogP contribution in [0.15, 0.2) is 4.99 Å². The second kappa shape index (κ2) is 6.55. The fourth-order valence-corrected chi connectivity index (χ4v) is 2.31. The van der Waals surface area contributed by atoms with Crippen molar-refractivity contribution in [2.45, 2.75) is 25.8 Å². The Balaban J connectivity index is 2.23. The number of aliphatic imine (C=N–C) groups is 1. The van der Waals surface area contributed by atoms with Crippen LogP contribution < -0.4 is 11.1 Å². The third-order valence-corrected chi connectivity index (χ3v) is 3.08. The van der Waals surface area contributed by atoms with Gasteiger partial charge in [-0.1, -0.05) is 18.7 Å². The molecule has 0 aromatic carbocycles. The van der Waals surface area contributed by atoms with Crippen molar-refractivity contribution in [2.24, 2.45) is 10.7 Å². The summed E-state index contributed by atoms with van der Waals surface area (Å²) < 4.78 is 4.58. The predicted molar refractivity (Wildman–Crippen MR) is 62.1 cm³/mol. The molecule has 6 heteroatoms. The van der Waals surface area contributed by atoms with Crippen molar-refractivity contribution in [3.8, 4) is 0 Å². The number of nitrogens with two attached hydrogens (primary N) is 1. The van der Waals surface area contributed by atoms with Crippen LogP contribution in [-0.2, 0) is 4.74 Å². The van der Waals surface area contributed by atoms with Crippen molar-refractivity contribution in [3.05, 3.63) is 0 Å². The lowest BCUT2D eigenvalue weighted by Gasteiger charge is -2.24. The van der Waals surface area contributed by atoms with Crippen LogP contribution >= 0.6 is 11.8 Å². The summed E-state index contributed by atoms with van der Waals surface area (Å²) in [6.07, 6.45) is 1.54. The minimum atomic E-state index is -0.745. The minimum absolute atomic E-state index is 0.248. The number of nitrogens with zero attached hydrogens (tertiary/aromatic N) is 1. The number of amidine groups is 1. The van der Waals surface area contributed by atoms with Crippen LogP contribution in [0.4, 0.5) is 4.79 Å². The van der Waals surface area contributed by atoms with Gasteiger partial charge in [-0.3, -0.25) is 4.99 Å². The van der Waals surface area contributed by atoms with Gasteiger partial charge in [0.25, 0.3) is 0 Å². The number of amides is 1. The molecule has 86 valence electrons. The van der Waals surface area contributed by atoms with Crippen molar-refractivity contribution in [1.29, 1.82) is 0 Å². The van der Waals surface area contributed by atoms with Gasteiger partial charge < -0.3 is 15.8 Å². The lowest BCUT2D eigenvalue weighted by Crippen LogP contribution is -2.37. The number of hydrogen-bond acceptors (Lipinski definition) is 4. The van der Waals surface area contributed by atoms with E-state index in [-0.39, 0.29) is 6.61 Å². The highest BCUT2D eigenvalue weighted by atomic mass is 32.2. The topological polar surface area (TPSA) is 76.7 Å². The Bertz CT molecular complexity index is 246. The fourth-order valence-electron chi connectivity index (χ4n) is 1.28. The van der Waals surface area contributed by atoms with E-state index in [0.717, 1.165) is 17.3 Å². The van der Waals surface area contributed by atoms with E-state index in [1.165, 1.54) is 6.42 Å². The lowest BCUT2D eigenvalue weighted by atomic mass is 10.2. The molecule has 1 amide bonds. The van der Waals surface area contributed by atoms with Crippen molar-refractivity contribution < 1.29 is 9.53 Å². The van der Waals surface area contributed by atoms with Crippen LogP contribution in [0, 0.1) is 0 Å². The van der Waals surface area contributed by atoms with Gasteiger partial charge in [-0.2, -0.15) is 0 Å². The quantitative estimate of drug-likeness (QED) is 0.706. The molecule has 1 aliphatic rings. The molecule has 0 bridgehead atoms. The molecule has 1 unspecified atom stereocenters. The molecule has 0 aromatic heterocycles. The third-order valence-electron chi connectivity index (χ3n) is 2.12. The molecule has 1 heterocycles. The maximum Gasteiger partial charge on any atom is 0.404 e. The summed E-state index contributed by atoms with van der Waals surface area (Å²) in [5, 5.41) is 4.28. The van der Waals surface area contributed by atoms with E-state index >= 15 is 0 Å². The number of hydrogen-bond donors (Lipinski definition) is 2. The van der Waals surface area contributed by atoms with Crippen molar-refractivity contribution in [3.63, 3.8) is 0 Å². The molecule has 5 nitrogen and oxygen atoms in total. The Labute approximate surface area is 93.8 Å². The van der Waals surface area contributed by atoms with Gasteiger partial charge in [0.1, 0.15) is 6.61 Å². The molecule has 1 fully saturated rings. The molecule has 1 rings (SSSR count). The number of carbonyl (C=O) groups excluding carboxylic acids is 1. The van der Waals surface area contributed by atoms with Gasteiger partial charge in [0, 0.05) is 11.8 Å². The van der Waals surface area contributed by atoms with Gasteiger partial charge in [0.2, 0.25) is 0 Å². The Morgan fingerprint density at radius 3 is 3.27 bits per heavy atom. The van der Waals surface area contributed by atoms with Crippen LogP contribution in [0.1, 0.15) is 19.8 Å². The van der Waals surface area contributed by atoms with E-state index in [1.807, 2.05) is 0 Å². The van der Waals surface area contributed by atoms with Gasteiger partial charge in [0.15, 0.2) is 5.17 Å². The zero-order chi connectivity index (χ0) is 11.1. The van der Waals surface area contributed by atoms with Gasteiger partial charge >= 0.3 is 6.09 Å². The Morgan fingerprint density at radius 1 is 1.80 bits per heavy atom. The first-order valence-electron chi connectivity index (χ1n) is 5.08. The second-order valence-corrected chi connectivity index (χ2v) is 4.32. The highest BCUT2D eigenvalue weighted by Crippen LogP contribution is 2.15. The molecule has 0 saturated carbocycles. The third kappa shape index (κ3) is 4.92. The Hall–Kier alpha value is -0.910. The number of thioether (sulfide) groups is 1. The molecule has 15 heavy (non-hydrogen) atoms. The molecule has 1 saturated heterocycles. The first-order chi connectivity index (χ1) is 7.22. The first kappa shape index (κ1) is 12.2. The van der Waals surface area contributed by atoms with Crippen molar-refractivity contribution >= 4 is 23.0 Å². The van der Waals surface area contributed by atoms with E-state index < -0.39 is 6.09 Å². The zero-order valence-corrected chi connectivity index (χ0v) is 9.68. The van der Waals surface area contributed by atoms with Gasteiger partial charge in [-0.05, 0) is 12.8 Å². The number of ether oxygens (including phenoxy) is 1. The molecule has 1 aliphatic heterocycles. The summed E-state index contributed by atoms with van der Waals surface area (Å²) in [5.41, 5.74) is 4.82. The number of carbonyl (C=O) groups is 1. The number of rotatable bonds is 4. The van der Waals surface area contributed by atoms with Crippen molar-refractivity contribution in [1.82, 2.24) is 5.32 Å². The summed E-state index contributed by atoms with van der Waals surface area (Å²) in [4.78, 5) is 14.6. The SMILES string of the molecule is CCC1CCSC(=NCCOC(N)=O)N1. The van der Waals surface area contributed by atoms with Crippen molar-refractivity contribution in [2.75, 3.05) is 18.9 Å². The number of nitrogens with one attached hydrogen (secondary N) is 1. The summed E-state index contributed by atoms with van der Waals surface area (Å²) in [6.45, 7) is 2.87. The lowest BCUT2D eigenvalue weighted by molar-refractivity contribution is 0.160. The van der Waals surface area contributed by atoms with Crippen LogP contribution in [0.2, 0.25) is 0 Å². The molecule has 1 atom stereocenters. The normalized spacial score (nSPS) is 23.5. The summed E-state index contributed by atoms with van der Waals surface area (Å²) >= 11 is 1.71. The van der Waals surface area contributed by atoms with Crippen LogP contribution in [0.25, 0.3) is 0 Å². The maximum absolute atomic E-state index is 10.3. The van der Waals surface area contributed by atoms with Crippen LogP contribution in [-0.4, -0.2) is 36.2 Å². The van der Waals surface area contributed by atoms with Gasteiger partial charge in [0.05, 0.1) is 6.54 Å². The average molecular weight is 231 g/mol. The van der Waals surface area contributed by atoms with Gasteiger partial charge in [-0.25, -0.2) is 4.79 Å². The maximum atomic E-state index is 10.3. The predicted octanol–water partition coefficient (Wildman–Crippen LogP) is 0.943. The smallest absolute Gasteiger partial charge is 0.404 e. The zero-order valence-electron chi connectivity index (χ0n) is 8.86. The van der Waals surface area contributed by atoms with E-state index in [2.05, 4.69) is 22.0 Å². The standard InChI is InChI=1S/C9H17N3O2S/c1-2-7-3-6-15-9(12-7)11-4-5-14-8(10)13/h7H,2-6H2,1H3,(H2,10,13)(H,11,12).